The van der Waals surface area contributed by atoms with Crippen molar-refractivity contribution in [3.63, 3.8) is 0 Å². The van der Waals surface area contributed by atoms with Crippen molar-refractivity contribution >= 4 is 43.4 Å². The van der Waals surface area contributed by atoms with Gasteiger partial charge in [-0.15, -0.1) is 0 Å². The van der Waals surface area contributed by atoms with Crippen molar-refractivity contribution < 1.29 is 4.42 Å². The van der Waals surface area contributed by atoms with Crippen LogP contribution in [0.4, 0.5) is 0 Å². The fourth-order valence-corrected chi connectivity index (χ4v) is 5.12. The monoisotopic (exact) mass is 476 g/mol. The summed E-state index contributed by atoms with van der Waals surface area (Å²) in [6, 6.07) is 30.3. The van der Waals surface area contributed by atoms with Gasteiger partial charge in [-0.25, -0.2) is 0 Å². The van der Waals surface area contributed by atoms with Crippen LogP contribution in [0.3, 0.4) is 0 Å². The number of rotatable bonds is 3. The van der Waals surface area contributed by atoms with Gasteiger partial charge < -0.3 is 4.42 Å². The summed E-state index contributed by atoms with van der Waals surface area (Å²) in [5.74, 6) is 0. The van der Waals surface area contributed by atoms with Crippen LogP contribution in [0.15, 0.2) is 112 Å². The van der Waals surface area contributed by atoms with Gasteiger partial charge in [0, 0.05) is 15.2 Å². The van der Waals surface area contributed by atoms with Crippen molar-refractivity contribution in [2.24, 2.45) is 0 Å². The number of allylic oxidation sites excluding steroid dienone is 4. The van der Waals surface area contributed by atoms with Crippen LogP contribution < -0.4 is 0 Å². The first kappa shape index (κ1) is 19.3. The maximum atomic E-state index is 6.04. The van der Waals surface area contributed by atoms with Gasteiger partial charge in [-0.3, -0.25) is 0 Å². The third-order valence-corrected chi connectivity index (χ3v) is 6.90. The van der Waals surface area contributed by atoms with Crippen LogP contribution in [0.5, 0.6) is 0 Å². The Labute approximate surface area is 195 Å². The fraction of sp³-hybridized carbons (Fsp3) is 0.0667. The molecule has 0 unspecified atom stereocenters. The Kier molecular flexibility index (Phi) is 4.81. The van der Waals surface area contributed by atoms with E-state index in [2.05, 4.69) is 107 Å². The minimum atomic E-state index is 0.906. The molecular formula is C30H21BrO. The fourth-order valence-electron chi connectivity index (χ4n) is 4.56. The van der Waals surface area contributed by atoms with E-state index in [-0.39, 0.29) is 0 Å². The molecule has 1 aromatic heterocycles. The molecule has 2 heteroatoms. The van der Waals surface area contributed by atoms with Crippen molar-refractivity contribution in [1.29, 1.82) is 0 Å². The van der Waals surface area contributed by atoms with Crippen LogP contribution in [0.2, 0.25) is 0 Å². The normalized spacial score (nSPS) is 13.6. The lowest BCUT2D eigenvalue weighted by atomic mass is 9.94. The van der Waals surface area contributed by atoms with Gasteiger partial charge in [0.15, 0.2) is 0 Å². The quantitative estimate of drug-likeness (QED) is 0.252. The Bertz CT molecular complexity index is 1520. The number of fused-ring (bicyclic) bond motifs is 3. The largest absolute Gasteiger partial charge is 0.456 e. The molecule has 0 spiro atoms. The van der Waals surface area contributed by atoms with Crippen LogP contribution in [0.1, 0.15) is 18.4 Å². The molecule has 154 valence electrons. The minimum Gasteiger partial charge on any atom is -0.456 e. The molecular weight excluding hydrogens is 456 g/mol. The zero-order valence-corrected chi connectivity index (χ0v) is 19.1. The SMILES string of the molecule is Brc1cccc2oc3ccc(-c4cccc(-c5ccc(C6=CC=CCC6)cc5)c4)cc3c12. The van der Waals surface area contributed by atoms with E-state index in [1.165, 1.54) is 33.4 Å². The van der Waals surface area contributed by atoms with Crippen LogP contribution >= 0.6 is 15.9 Å². The molecule has 0 bridgehead atoms. The zero-order valence-electron chi connectivity index (χ0n) is 17.5. The second-order valence-electron chi connectivity index (χ2n) is 8.24. The van der Waals surface area contributed by atoms with Gasteiger partial charge in [-0.1, -0.05) is 88.8 Å². The van der Waals surface area contributed by atoms with E-state index in [9.17, 15) is 0 Å². The Balaban J connectivity index is 1.38. The van der Waals surface area contributed by atoms with E-state index >= 15 is 0 Å². The van der Waals surface area contributed by atoms with Crippen molar-refractivity contribution in [2.45, 2.75) is 12.8 Å². The first-order valence-electron chi connectivity index (χ1n) is 10.9. The van der Waals surface area contributed by atoms with Crippen LogP contribution in [0.25, 0.3) is 49.8 Å². The predicted octanol–water partition coefficient (Wildman–Crippen LogP) is 9.42. The van der Waals surface area contributed by atoms with Crippen molar-refractivity contribution in [2.75, 3.05) is 0 Å². The summed E-state index contributed by atoms with van der Waals surface area (Å²) in [6.07, 6.45) is 8.86. The van der Waals surface area contributed by atoms with Gasteiger partial charge in [0.1, 0.15) is 11.2 Å². The lowest BCUT2D eigenvalue weighted by Crippen LogP contribution is -1.88. The second kappa shape index (κ2) is 7.96. The summed E-state index contributed by atoms with van der Waals surface area (Å²) < 4.78 is 7.10. The van der Waals surface area contributed by atoms with Crippen LogP contribution in [-0.4, -0.2) is 0 Å². The summed E-state index contributed by atoms with van der Waals surface area (Å²) in [5.41, 5.74) is 9.41. The van der Waals surface area contributed by atoms with Gasteiger partial charge in [0.2, 0.25) is 0 Å². The number of hydrogen-bond acceptors (Lipinski definition) is 1. The van der Waals surface area contributed by atoms with Gasteiger partial charge in [-0.2, -0.15) is 0 Å². The summed E-state index contributed by atoms with van der Waals surface area (Å²) in [5, 5.41) is 2.26. The van der Waals surface area contributed by atoms with E-state index in [1.807, 2.05) is 12.1 Å². The van der Waals surface area contributed by atoms with Gasteiger partial charge in [-0.05, 0) is 76.6 Å². The van der Waals surface area contributed by atoms with E-state index in [0.717, 1.165) is 39.3 Å². The maximum absolute atomic E-state index is 6.04. The minimum absolute atomic E-state index is 0.906. The highest BCUT2D eigenvalue weighted by molar-refractivity contribution is 9.10. The standard InChI is InChI=1S/C30H21BrO/c31-27-10-5-11-29-30(27)26-19-25(16-17-28(26)32-29)24-9-4-8-23(18-24)22-14-12-21(13-15-22)20-6-2-1-3-7-20/h1-2,4-6,8-19H,3,7H2. The number of furan rings is 1. The van der Waals surface area contributed by atoms with E-state index in [4.69, 9.17) is 4.42 Å². The molecule has 0 atom stereocenters. The molecule has 0 amide bonds. The maximum Gasteiger partial charge on any atom is 0.136 e. The van der Waals surface area contributed by atoms with Crippen molar-refractivity contribution in [1.82, 2.24) is 0 Å². The lowest BCUT2D eigenvalue weighted by molar-refractivity contribution is 0.669. The van der Waals surface area contributed by atoms with Gasteiger partial charge >= 0.3 is 0 Å². The Morgan fingerprint density at radius 2 is 1.38 bits per heavy atom. The molecule has 0 N–H and O–H groups in total. The molecule has 5 aromatic rings. The van der Waals surface area contributed by atoms with E-state index < -0.39 is 0 Å². The molecule has 1 aliphatic carbocycles. The zero-order chi connectivity index (χ0) is 21.5. The van der Waals surface area contributed by atoms with Crippen molar-refractivity contribution in [3.05, 3.63) is 113 Å². The van der Waals surface area contributed by atoms with Crippen LogP contribution in [-0.2, 0) is 0 Å². The molecule has 0 fully saturated rings. The molecule has 4 aromatic carbocycles. The topological polar surface area (TPSA) is 13.1 Å². The molecule has 0 radical (unpaired) electrons. The lowest BCUT2D eigenvalue weighted by Gasteiger charge is -2.11. The summed E-state index contributed by atoms with van der Waals surface area (Å²) in [6.45, 7) is 0. The van der Waals surface area contributed by atoms with E-state index in [0.29, 0.717) is 0 Å². The summed E-state index contributed by atoms with van der Waals surface area (Å²) in [7, 11) is 0. The first-order valence-corrected chi connectivity index (χ1v) is 11.7. The van der Waals surface area contributed by atoms with Crippen molar-refractivity contribution in [3.8, 4) is 22.3 Å². The average Bonchev–Trinajstić information content (AvgIpc) is 3.24. The van der Waals surface area contributed by atoms with E-state index in [1.54, 1.807) is 0 Å². The molecule has 1 aliphatic rings. The predicted molar refractivity (Wildman–Crippen MR) is 139 cm³/mol. The summed E-state index contributed by atoms with van der Waals surface area (Å²) in [4.78, 5) is 0. The number of hydrogen-bond donors (Lipinski definition) is 0. The number of benzene rings is 4. The molecule has 32 heavy (non-hydrogen) atoms. The molecule has 1 heterocycles. The average molecular weight is 477 g/mol. The molecule has 0 saturated carbocycles. The van der Waals surface area contributed by atoms with Crippen LogP contribution in [0, 0.1) is 0 Å². The van der Waals surface area contributed by atoms with Gasteiger partial charge in [0.25, 0.3) is 0 Å². The Morgan fingerprint density at radius 1 is 0.656 bits per heavy atom. The number of halogens is 1. The molecule has 1 nitrogen and oxygen atoms in total. The second-order valence-corrected chi connectivity index (χ2v) is 9.10. The third kappa shape index (κ3) is 3.41. The highest BCUT2D eigenvalue weighted by atomic mass is 79.9. The smallest absolute Gasteiger partial charge is 0.136 e. The Hall–Kier alpha value is -3.36. The first-order chi connectivity index (χ1) is 15.8. The molecule has 0 aliphatic heterocycles. The Morgan fingerprint density at radius 3 is 2.19 bits per heavy atom. The third-order valence-electron chi connectivity index (χ3n) is 6.24. The molecule has 6 rings (SSSR count). The molecule has 0 saturated heterocycles. The summed E-state index contributed by atoms with van der Waals surface area (Å²) >= 11 is 3.69. The highest BCUT2D eigenvalue weighted by Crippen LogP contribution is 2.37. The highest BCUT2D eigenvalue weighted by Gasteiger charge is 2.11. The van der Waals surface area contributed by atoms with Gasteiger partial charge in [0.05, 0.1) is 0 Å².